The second kappa shape index (κ2) is 6.07. The van der Waals surface area contributed by atoms with E-state index >= 15 is 0 Å². The number of halogens is 4. The fourth-order valence-electron chi connectivity index (χ4n) is 1.25. The van der Waals surface area contributed by atoms with Gasteiger partial charge in [0, 0.05) is 18.6 Å². The number of rotatable bonds is 4. The van der Waals surface area contributed by atoms with Gasteiger partial charge in [-0.15, -0.1) is 0 Å². The van der Waals surface area contributed by atoms with Crippen LogP contribution in [-0.2, 0) is 12.7 Å². The first-order valence-electron chi connectivity index (χ1n) is 5.06. The number of hydrogen-bond acceptors (Lipinski definition) is 1. The maximum absolute atomic E-state index is 12.3. The van der Waals surface area contributed by atoms with E-state index in [9.17, 15) is 13.2 Å². The molecule has 0 atom stereocenters. The van der Waals surface area contributed by atoms with Gasteiger partial charge < -0.3 is 5.32 Å². The van der Waals surface area contributed by atoms with Gasteiger partial charge >= 0.3 is 6.18 Å². The van der Waals surface area contributed by atoms with Crippen LogP contribution in [0.3, 0.4) is 0 Å². The van der Waals surface area contributed by atoms with Crippen molar-refractivity contribution < 1.29 is 13.2 Å². The summed E-state index contributed by atoms with van der Waals surface area (Å²) in [7, 11) is 0. The van der Waals surface area contributed by atoms with Crippen molar-refractivity contribution >= 4 is 11.6 Å². The predicted molar refractivity (Wildman–Crippen MR) is 62.8 cm³/mol. The van der Waals surface area contributed by atoms with Gasteiger partial charge in [0.25, 0.3) is 0 Å². The van der Waals surface area contributed by atoms with Crippen molar-refractivity contribution in [2.24, 2.45) is 0 Å². The molecule has 5 heteroatoms. The van der Waals surface area contributed by atoms with E-state index in [0.29, 0.717) is 13.1 Å². The molecule has 0 aliphatic heterocycles. The van der Waals surface area contributed by atoms with Crippen molar-refractivity contribution in [3.05, 3.63) is 46.5 Å². The lowest BCUT2D eigenvalue weighted by Crippen LogP contribution is -2.15. The maximum atomic E-state index is 12.3. The van der Waals surface area contributed by atoms with Crippen LogP contribution in [0.15, 0.2) is 35.4 Å². The maximum Gasteiger partial charge on any atom is 0.416 e. The quantitative estimate of drug-likeness (QED) is 0.868. The van der Waals surface area contributed by atoms with E-state index in [1.54, 1.807) is 0 Å². The molecule has 0 saturated carbocycles. The monoisotopic (exact) mass is 263 g/mol. The number of alkyl halides is 3. The van der Waals surface area contributed by atoms with Crippen LogP contribution in [0.1, 0.15) is 18.1 Å². The van der Waals surface area contributed by atoms with Crippen LogP contribution in [0.5, 0.6) is 0 Å². The highest BCUT2D eigenvalue weighted by Gasteiger charge is 2.29. The Labute approximate surface area is 103 Å². The van der Waals surface area contributed by atoms with Gasteiger partial charge in [-0.25, -0.2) is 0 Å². The smallest absolute Gasteiger partial charge is 0.309 e. The minimum Gasteiger partial charge on any atom is -0.309 e. The molecule has 1 aromatic carbocycles. The van der Waals surface area contributed by atoms with Crippen molar-refractivity contribution in [2.75, 3.05) is 6.54 Å². The summed E-state index contributed by atoms with van der Waals surface area (Å²) in [5.41, 5.74) is 2.62. The Bertz CT molecular complexity index is 382. The summed E-state index contributed by atoms with van der Waals surface area (Å²) in [5.74, 6) is 0. The number of benzene rings is 1. The van der Waals surface area contributed by atoms with Crippen LogP contribution in [0.4, 0.5) is 13.2 Å². The summed E-state index contributed by atoms with van der Waals surface area (Å²) < 4.78 is 36.9. The van der Waals surface area contributed by atoms with Crippen LogP contribution in [-0.4, -0.2) is 6.54 Å². The van der Waals surface area contributed by atoms with Crippen molar-refractivity contribution in [1.29, 1.82) is 0 Å². The summed E-state index contributed by atoms with van der Waals surface area (Å²) >= 11 is 5.48. The Morgan fingerprint density at radius 1 is 1.29 bits per heavy atom. The Balaban J connectivity index is 2.52. The third-order valence-corrected chi connectivity index (χ3v) is 2.57. The molecule has 0 heterocycles. The summed E-state index contributed by atoms with van der Waals surface area (Å²) in [6.45, 7) is 3.00. The molecule has 0 unspecified atom stereocenters. The molecule has 0 saturated heterocycles. The average Bonchev–Trinajstić information content (AvgIpc) is 2.28. The molecule has 1 aromatic rings. The lowest BCUT2D eigenvalue weighted by atomic mass is 10.1. The van der Waals surface area contributed by atoms with Gasteiger partial charge in [-0.2, -0.15) is 13.2 Å². The molecule has 1 N–H and O–H groups in total. The molecule has 0 spiro atoms. The molecular formula is C12H13ClF3N. The highest BCUT2D eigenvalue weighted by atomic mass is 35.5. The van der Waals surface area contributed by atoms with Crippen molar-refractivity contribution in [2.45, 2.75) is 19.6 Å². The predicted octanol–water partition coefficient (Wildman–Crippen LogP) is 3.94. The first-order valence-corrected chi connectivity index (χ1v) is 5.50. The molecule has 0 amide bonds. The Kier molecular flexibility index (Phi) is 5.02. The van der Waals surface area contributed by atoms with Crippen LogP contribution < -0.4 is 5.32 Å². The summed E-state index contributed by atoms with van der Waals surface area (Å²) in [5, 5.41) is 3.08. The normalized spacial score (nSPS) is 12.9. The average molecular weight is 264 g/mol. The zero-order valence-corrected chi connectivity index (χ0v) is 10.1. The third-order valence-electron chi connectivity index (χ3n) is 2.20. The molecule has 17 heavy (non-hydrogen) atoms. The van der Waals surface area contributed by atoms with Gasteiger partial charge in [-0.1, -0.05) is 23.7 Å². The van der Waals surface area contributed by atoms with Gasteiger partial charge in [0.2, 0.25) is 0 Å². The molecule has 1 rings (SSSR count). The summed E-state index contributed by atoms with van der Waals surface area (Å²) in [6.07, 6.45) is -4.27. The molecule has 0 aromatic heterocycles. The van der Waals surface area contributed by atoms with Crippen molar-refractivity contribution in [1.82, 2.24) is 5.32 Å². The SMILES string of the molecule is C/C(=C/Cl)CNCc1ccc(C(F)(F)F)cc1. The highest BCUT2D eigenvalue weighted by molar-refractivity contribution is 6.25. The zero-order valence-electron chi connectivity index (χ0n) is 9.31. The zero-order chi connectivity index (χ0) is 12.9. The molecule has 0 radical (unpaired) electrons. The van der Waals surface area contributed by atoms with E-state index < -0.39 is 11.7 Å². The van der Waals surface area contributed by atoms with Gasteiger partial charge in [0.05, 0.1) is 5.56 Å². The molecule has 94 valence electrons. The van der Waals surface area contributed by atoms with Crippen LogP contribution in [0.25, 0.3) is 0 Å². The Morgan fingerprint density at radius 2 is 1.88 bits per heavy atom. The van der Waals surface area contributed by atoms with E-state index in [4.69, 9.17) is 11.6 Å². The second-order valence-electron chi connectivity index (χ2n) is 3.75. The van der Waals surface area contributed by atoms with Gasteiger partial charge in [0.1, 0.15) is 0 Å². The summed E-state index contributed by atoms with van der Waals surface area (Å²) in [4.78, 5) is 0. The summed E-state index contributed by atoms with van der Waals surface area (Å²) in [6, 6.07) is 5.10. The molecular weight excluding hydrogens is 251 g/mol. The fourth-order valence-corrected chi connectivity index (χ4v) is 1.33. The molecule has 0 fully saturated rings. The van der Waals surface area contributed by atoms with E-state index in [0.717, 1.165) is 23.3 Å². The largest absolute Gasteiger partial charge is 0.416 e. The second-order valence-corrected chi connectivity index (χ2v) is 3.97. The van der Waals surface area contributed by atoms with Gasteiger partial charge in [-0.3, -0.25) is 0 Å². The third kappa shape index (κ3) is 4.79. The molecule has 0 aliphatic rings. The fraction of sp³-hybridized carbons (Fsp3) is 0.333. The van der Waals surface area contributed by atoms with Crippen LogP contribution in [0, 0.1) is 0 Å². The highest BCUT2D eigenvalue weighted by Crippen LogP contribution is 2.28. The number of nitrogens with one attached hydrogen (secondary N) is 1. The Morgan fingerprint density at radius 3 is 2.35 bits per heavy atom. The van der Waals surface area contributed by atoms with Crippen LogP contribution in [0.2, 0.25) is 0 Å². The van der Waals surface area contributed by atoms with Crippen molar-refractivity contribution in [3.63, 3.8) is 0 Å². The lowest BCUT2D eigenvalue weighted by molar-refractivity contribution is -0.137. The van der Waals surface area contributed by atoms with E-state index in [1.807, 2.05) is 6.92 Å². The standard InChI is InChI=1S/C12H13ClF3N/c1-9(6-13)7-17-8-10-2-4-11(5-3-10)12(14,15)16/h2-6,17H,7-8H2,1H3/b9-6-. The van der Waals surface area contributed by atoms with E-state index in [1.165, 1.54) is 17.7 Å². The van der Waals surface area contributed by atoms with Crippen molar-refractivity contribution in [3.8, 4) is 0 Å². The minimum absolute atomic E-state index is 0.514. The lowest BCUT2D eigenvalue weighted by Gasteiger charge is -2.08. The van der Waals surface area contributed by atoms with Crippen LogP contribution >= 0.6 is 11.6 Å². The molecule has 1 nitrogen and oxygen atoms in total. The number of hydrogen-bond donors (Lipinski definition) is 1. The van der Waals surface area contributed by atoms with Gasteiger partial charge in [-0.05, 0) is 30.2 Å². The molecule has 0 aliphatic carbocycles. The van der Waals surface area contributed by atoms with Gasteiger partial charge in [0.15, 0.2) is 0 Å². The molecule has 0 bridgehead atoms. The first kappa shape index (κ1) is 14.1. The minimum atomic E-state index is -4.27. The first-order chi connectivity index (χ1) is 7.93. The van der Waals surface area contributed by atoms with E-state index in [-0.39, 0.29) is 0 Å². The Hall–Kier alpha value is -1.00. The van der Waals surface area contributed by atoms with E-state index in [2.05, 4.69) is 5.32 Å². The topological polar surface area (TPSA) is 12.0 Å².